The first-order valence-electron chi connectivity index (χ1n) is 13.4. The topological polar surface area (TPSA) is 40.6 Å². The van der Waals surface area contributed by atoms with Crippen molar-refractivity contribution in [2.24, 2.45) is 0 Å². The third-order valence-corrected chi connectivity index (χ3v) is 7.89. The van der Waals surface area contributed by atoms with Gasteiger partial charge in [0.15, 0.2) is 5.78 Å². The Morgan fingerprint density at radius 3 is 2.19 bits per heavy atom. The monoisotopic (exact) mass is 530 g/mol. The van der Waals surface area contributed by atoms with Crippen molar-refractivity contribution in [3.05, 3.63) is 69.2 Å². The van der Waals surface area contributed by atoms with Gasteiger partial charge in [-0.15, -0.1) is 0 Å². The maximum absolute atomic E-state index is 12.8. The Morgan fingerprint density at radius 1 is 0.917 bits per heavy atom. The molecule has 1 aliphatic rings. The van der Waals surface area contributed by atoms with Gasteiger partial charge in [0.2, 0.25) is 5.91 Å². The van der Waals surface area contributed by atoms with Gasteiger partial charge in [-0.05, 0) is 67.6 Å². The number of carbonyl (C=O) groups excluding carboxylic acids is 2. The quantitative estimate of drug-likeness (QED) is 0.263. The zero-order chi connectivity index (χ0) is 25.9. The van der Waals surface area contributed by atoms with Gasteiger partial charge in [0.1, 0.15) is 0 Å². The Bertz CT molecular complexity index is 965. The fraction of sp³-hybridized carbons (Fsp3) is 0.533. The van der Waals surface area contributed by atoms with Gasteiger partial charge >= 0.3 is 0 Å². The molecule has 1 heterocycles. The molecule has 3 rings (SSSR count). The molecule has 0 spiro atoms. The number of hydrogen-bond donors (Lipinski definition) is 0. The average Bonchev–Trinajstić information content (AvgIpc) is 2.86. The Labute approximate surface area is 227 Å². The molecule has 1 fully saturated rings. The highest BCUT2D eigenvalue weighted by Crippen LogP contribution is 2.30. The van der Waals surface area contributed by atoms with Crippen LogP contribution in [-0.4, -0.2) is 54.7 Å². The summed E-state index contributed by atoms with van der Waals surface area (Å²) in [7, 11) is 2.04. The van der Waals surface area contributed by atoms with Gasteiger partial charge < -0.3 is 4.90 Å². The molecule has 0 N–H and O–H groups in total. The van der Waals surface area contributed by atoms with Gasteiger partial charge in [0.05, 0.1) is 13.0 Å². The number of Topliss-reactive ketones (excluding diaryl/α,β-unsaturated/α-hetero) is 1. The highest BCUT2D eigenvalue weighted by atomic mass is 35.5. The molecule has 0 unspecified atom stereocenters. The van der Waals surface area contributed by atoms with Gasteiger partial charge in [0, 0.05) is 29.6 Å². The van der Waals surface area contributed by atoms with Crippen LogP contribution in [0.25, 0.3) is 0 Å². The van der Waals surface area contributed by atoms with Gasteiger partial charge in [-0.2, -0.15) is 0 Å². The normalized spacial score (nSPS) is 14.4. The lowest BCUT2D eigenvalue weighted by molar-refractivity contribution is -0.131. The molecule has 1 saturated heterocycles. The van der Waals surface area contributed by atoms with Crippen LogP contribution in [-0.2, 0) is 22.4 Å². The van der Waals surface area contributed by atoms with Crippen LogP contribution in [0.1, 0.15) is 74.5 Å². The van der Waals surface area contributed by atoms with Crippen LogP contribution in [0.2, 0.25) is 10.0 Å². The van der Waals surface area contributed by atoms with E-state index in [4.69, 9.17) is 23.2 Å². The van der Waals surface area contributed by atoms with E-state index in [1.54, 1.807) is 18.2 Å². The van der Waals surface area contributed by atoms with Crippen molar-refractivity contribution in [2.45, 2.75) is 70.6 Å². The fourth-order valence-electron chi connectivity index (χ4n) is 4.98. The molecule has 0 aromatic heterocycles. The zero-order valence-corrected chi connectivity index (χ0v) is 23.3. The van der Waals surface area contributed by atoms with Gasteiger partial charge in [-0.3, -0.25) is 14.5 Å². The van der Waals surface area contributed by atoms with E-state index < -0.39 is 0 Å². The Hall–Kier alpha value is -1.88. The number of likely N-dealkylation sites (tertiary alicyclic amines) is 1. The summed E-state index contributed by atoms with van der Waals surface area (Å²) in [6, 6.07) is 13.8. The molecular weight excluding hydrogens is 491 g/mol. The number of benzene rings is 2. The number of amides is 1. The minimum atomic E-state index is 0.0724. The molecule has 0 atom stereocenters. The number of hydrogen-bond acceptors (Lipinski definition) is 3. The lowest BCUT2D eigenvalue weighted by atomic mass is 9.88. The first-order chi connectivity index (χ1) is 17.4. The van der Waals surface area contributed by atoms with E-state index in [1.165, 1.54) is 31.2 Å². The first kappa shape index (κ1) is 28.7. The van der Waals surface area contributed by atoms with Crippen LogP contribution in [0.5, 0.6) is 0 Å². The molecule has 1 amide bonds. The number of piperidine rings is 1. The van der Waals surface area contributed by atoms with Crippen molar-refractivity contribution < 1.29 is 9.59 Å². The molecule has 4 nitrogen and oxygen atoms in total. The van der Waals surface area contributed by atoms with Crippen LogP contribution >= 0.6 is 23.2 Å². The molecule has 2 aromatic carbocycles. The molecule has 196 valence electrons. The van der Waals surface area contributed by atoms with E-state index in [-0.39, 0.29) is 18.1 Å². The predicted molar refractivity (Wildman–Crippen MR) is 150 cm³/mol. The van der Waals surface area contributed by atoms with Crippen molar-refractivity contribution in [3.63, 3.8) is 0 Å². The third kappa shape index (κ3) is 8.90. The summed E-state index contributed by atoms with van der Waals surface area (Å²) in [6.45, 7) is 5.19. The maximum Gasteiger partial charge on any atom is 0.227 e. The number of likely N-dealkylation sites (N-methyl/N-ethyl adjacent to an activating group) is 1. The number of rotatable bonds is 13. The van der Waals surface area contributed by atoms with E-state index in [2.05, 4.69) is 36.1 Å². The zero-order valence-electron chi connectivity index (χ0n) is 21.8. The molecule has 0 aliphatic carbocycles. The predicted octanol–water partition coefficient (Wildman–Crippen LogP) is 6.96. The van der Waals surface area contributed by atoms with Crippen molar-refractivity contribution in [1.29, 1.82) is 0 Å². The highest BCUT2D eigenvalue weighted by molar-refractivity contribution is 6.36. The molecule has 2 aromatic rings. The Balaban J connectivity index is 1.41. The van der Waals surface area contributed by atoms with Crippen LogP contribution in [0.4, 0.5) is 0 Å². The number of unbranched alkanes of at least 4 members (excludes halogenated alkanes) is 4. The molecular formula is C30H40Cl2N2O2. The first-order valence-corrected chi connectivity index (χ1v) is 14.1. The molecule has 36 heavy (non-hydrogen) atoms. The maximum atomic E-state index is 12.8. The average molecular weight is 532 g/mol. The standard InChI is InChI=1S/C30H40Cl2N2O2/c1-3-4-5-6-7-17-33(2)22-26(35)20-23-11-13-24(14-12-23)25-15-18-34(19-16-25)30(36)21-27-28(31)9-8-10-29(27)32/h8-14,25H,3-7,15-22H2,1-2H3. The second kappa shape index (κ2) is 14.8. The summed E-state index contributed by atoms with van der Waals surface area (Å²) in [5.74, 6) is 0.772. The summed E-state index contributed by atoms with van der Waals surface area (Å²) >= 11 is 12.5. The molecule has 6 heteroatoms. The third-order valence-electron chi connectivity index (χ3n) is 7.18. The van der Waals surface area contributed by atoms with Crippen molar-refractivity contribution >= 4 is 34.9 Å². The van der Waals surface area contributed by atoms with Crippen molar-refractivity contribution in [2.75, 3.05) is 33.2 Å². The highest BCUT2D eigenvalue weighted by Gasteiger charge is 2.25. The Kier molecular flexibility index (Phi) is 11.8. The molecule has 0 radical (unpaired) electrons. The molecule has 0 bridgehead atoms. The summed E-state index contributed by atoms with van der Waals surface area (Å²) in [5, 5.41) is 1.08. The minimum Gasteiger partial charge on any atom is -0.342 e. The van der Waals surface area contributed by atoms with Crippen LogP contribution in [0.15, 0.2) is 42.5 Å². The largest absolute Gasteiger partial charge is 0.342 e. The van der Waals surface area contributed by atoms with E-state index >= 15 is 0 Å². The fourth-order valence-corrected chi connectivity index (χ4v) is 5.51. The van der Waals surface area contributed by atoms with E-state index in [0.29, 0.717) is 34.5 Å². The summed E-state index contributed by atoms with van der Waals surface area (Å²) in [6.07, 6.45) is 8.84. The SMILES string of the molecule is CCCCCCCN(C)CC(=O)Cc1ccc(C2CCN(C(=O)Cc3c(Cl)cccc3Cl)CC2)cc1. The van der Waals surface area contributed by atoms with Gasteiger partial charge in [0.25, 0.3) is 0 Å². The summed E-state index contributed by atoms with van der Waals surface area (Å²) in [4.78, 5) is 29.4. The second-order valence-corrected chi connectivity index (χ2v) is 11.0. The number of ketones is 1. The number of halogens is 2. The molecule has 0 saturated carbocycles. The van der Waals surface area contributed by atoms with Crippen molar-refractivity contribution in [3.8, 4) is 0 Å². The minimum absolute atomic E-state index is 0.0724. The Morgan fingerprint density at radius 2 is 1.56 bits per heavy atom. The van der Waals surface area contributed by atoms with Crippen LogP contribution in [0.3, 0.4) is 0 Å². The number of carbonyl (C=O) groups is 2. The second-order valence-electron chi connectivity index (χ2n) is 10.1. The van der Waals surface area contributed by atoms with Gasteiger partial charge in [-0.1, -0.05) is 86.1 Å². The van der Waals surface area contributed by atoms with E-state index in [9.17, 15) is 9.59 Å². The lowest BCUT2D eigenvalue weighted by Gasteiger charge is -2.32. The lowest BCUT2D eigenvalue weighted by Crippen LogP contribution is -2.38. The van der Waals surface area contributed by atoms with Crippen molar-refractivity contribution in [1.82, 2.24) is 9.80 Å². The number of nitrogens with zero attached hydrogens (tertiary/aromatic N) is 2. The van der Waals surface area contributed by atoms with Crippen LogP contribution in [0, 0.1) is 0 Å². The molecule has 1 aliphatic heterocycles. The smallest absolute Gasteiger partial charge is 0.227 e. The van der Waals surface area contributed by atoms with E-state index in [0.717, 1.165) is 44.5 Å². The summed E-state index contributed by atoms with van der Waals surface area (Å²) < 4.78 is 0. The van der Waals surface area contributed by atoms with Crippen LogP contribution < -0.4 is 0 Å². The summed E-state index contributed by atoms with van der Waals surface area (Å²) in [5.41, 5.74) is 3.07. The van der Waals surface area contributed by atoms with Gasteiger partial charge in [-0.25, -0.2) is 0 Å². The van der Waals surface area contributed by atoms with E-state index in [1.807, 2.05) is 11.9 Å².